The molecule has 1 fully saturated rings. The number of benzene rings is 1. The van der Waals surface area contributed by atoms with Crippen LogP contribution < -0.4 is 20.3 Å². The van der Waals surface area contributed by atoms with Crippen molar-refractivity contribution in [3.8, 4) is 0 Å². The molecule has 2 amide bonds. The number of rotatable bonds is 15. The van der Waals surface area contributed by atoms with E-state index in [0.717, 1.165) is 24.8 Å². The van der Waals surface area contributed by atoms with Crippen LogP contribution in [0.25, 0.3) is 0 Å². The molecule has 42 heavy (non-hydrogen) atoms. The van der Waals surface area contributed by atoms with Gasteiger partial charge in [0.2, 0.25) is 15.9 Å². The van der Waals surface area contributed by atoms with Crippen LogP contribution in [0.15, 0.2) is 47.5 Å². The molecule has 14 heteroatoms. The molecule has 230 valence electrons. The van der Waals surface area contributed by atoms with E-state index in [1.807, 2.05) is 30.9 Å². The highest BCUT2D eigenvalue weighted by Crippen LogP contribution is 2.16. The fourth-order valence-electron chi connectivity index (χ4n) is 4.49. The van der Waals surface area contributed by atoms with Gasteiger partial charge in [-0.3, -0.25) is 9.59 Å². The molecule has 0 saturated carbocycles. The first-order valence-electron chi connectivity index (χ1n) is 14.3. The second-order valence-corrected chi connectivity index (χ2v) is 12.6. The number of morpholine rings is 1. The Hall–Kier alpha value is -3.04. The Morgan fingerprint density at radius 3 is 2.33 bits per heavy atom. The summed E-state index contributed by atoms with van der Waals surface area (Å²) in [6.45, 7) is 7.76. The van der Waals surface area contributed by atoms with Gasteiger partial charge in [0.05, 0.1) is 19.2 Å². The Morgan fingerprint density at radius 2 is 1.76 bits per heavy atom. The van der Waals surface area contributed by atoms with Crippen LogP contribution in [0.2, 0.25) is 0 Å². The van der Waals surface area contributed by atoms with Gasteiger partial charge in [0.15, 0.2) is 0 Å². The lowest BCUT2D eigenvalue weighted by Crippen LogP contribution is -2.57. The van der Waals surface area contributed by atoms with Crippen LogP contribution in [0, 0.1) is 5.92 Å². The van der Waals surface area contributed by atoms with E-state index in [9.17, 15) is 28.1 Å². The number of ether oxygens (including phenoxy) is 1. The molecule has 1 saturated heterocycles. The first-order chi connectivity index (χ1) is 20.0. The molecule has 1 aliphatic rings. The number of unbranched alkanes of at least 4 members (excludes halogenated alkanes) is 1. The molecule has 2 heterocycles. The molecule has 12 nitrogen and oxygen atoms in total. The summed E-state index contributed by atoms with van der Waals surface area (Å²) in [5.74, 6) is -1.68. The number of aromatic nitrogens is 1. The van der Waals surface area contributed by atoms with Crippen LogP contribution in [0.3, 0.4) is 0 Å². The second kappa shape index (κ2) is 16.0. The summed E-state index contributed by atoms with van der Waals surface area (Å²) in [6.07, 6.45) is 4.45. The zero-order valence-electron chi connectivity index (χ0n) is 24.5. The SMILES string of the molecule is CCCCc1ccc(C(=O)N[C@@H](CNS(=O)(=O)c2ccc(N3CCOCC3)nc2)C(=O)N[C@@H](CC(C)C)B(O)O)cc1. The van der Waals surface area contributed by atoms with Crippen LogP contribution in [-0.2, 0) is 26.0 Å². The number of carbonyl (C=O) groups excluding carboxylic acids is 2. The summed E-state index contributed by atoms with van der Waals surface area (Å²) in [5, 5.41) is 24.7. The van der Waals surface area contributed by atoms with Gasteiger partial charge in [0.1, 0.15) is 16.8 Å². The Balaban J connectivity index is 1.74. The number of sulfonamides is 1. The minimum Gasteiger partial charge on any atom is -0.426 e. The number of aryl methyl sites for hydroxylation is 1. The van der Waals surface area contributed by atoms with E-state index in [-0.39, 0.29) is 17.2 Å². The lowest BCUT2D eigenvalue weighted by Gasteiger charge is -2.27. The number of nitrogens with zero attached hydrogens (tertiary/aromatic N) is 2. The quantitative estimate of drug-likeness (QED) is 0.186. The fourth-order valence-corrected chi connectivity index (χ4v) is 5.48. The Kier molecular flexibility index (Phi) is 12.7. The van der Waals surface area contributed by atoms with Crippen LogP contribution in [-0.4, -0.2) is 87.2 Å². The number of hydrogen-bond donors (Lipinski definition) is 5. The standard InChI is InChI=1S/C28H42BN5O7S/c1-4-5-6-21-7-9-22(10-8-21)27(35)32-24(28(36)33-25(29(37)38)17-20(2)3)19-31-42(39,40)23-11-12-26(30-18-23)34-13-15-41-16-14-34/h7-12,18,20,24-25,31,37-38H,4-6,13-17,19H2,1-3H3,(H,32,35)(H,33,36)/t24-,25-/m0/s1. The molecule has 0 spiro atoms. The van der Waals surface area contributed by atoms with Crippen LogP contribution in [0.5, 0.6) is 0 Å². The zero-order valence-corrected chi connectivity index (χ0v) is 25.3. The van der Waals surface area contributed by atoms with Gasteiger partial charge in [-0.25, -0.2) is 18.1 Å². The summed E-state index contributed by atoms with van der Waals surface area (Å²) in [6, 6.07) is 8.68. The van der Waals surface area contributed by atoms with Gasteiger partial charge in [0.25, 0.3) is 5.91 Å². The molecule has 2 atom stereocenters. The normalized spacial score (nSPS) is 15.2. The Morgan fingerprint density at radius 1 is 1.07 bits per heavy atom. The van der Waals surface area contributed by atoms with E-state index in [1.54, 1.807) is 18.2 Å². The smallest absolute Gasteiger partial charge is 0.426 e. The molecule has 1 aliphatic heterocycles. The van der Waals surface area contributed by atoms with Crippen molar-refractivity contribution in [1.29, 1.82) is 0 Å². The summed E-state index contributed by atoms with van der Waals surface area (Å²) in [7, 11) is -5.94. The van der Waals surface area contributed by atoms with Crippen molar-refractivity contribution in [3.63, 3.8) is 0 Å². The third-order valence-corrected chi connectivity index (χ3v) is 8.32. The first-order valence-corrected chi connectivity index (χ1v) is 15.8. The van der Waals surface area contributed by atoms with E-state index in [1.165, 1.54) is 12.3 Å². The first kappa shape index (κ1) is 33.5. The van der Waals surface area contributed by atoms with Crippen LogP contribution in [0.1, 0.15) is 56.0 Å². The summed E-state index contributed by atoms with van der Waals surface area (Å²) in [5.41, 5.74) is 1.39. The highest BCUT2D eigenvalue weighted by atomic mass is 32.2. The molecular weight excluding hydrogens is 561 g/mol. The average molecular weight is 604 g/mol. The molecule has 0 aliphatic carbocycles. The van der Waals surface area contributed by atoms with Gasteiger partial charge < -0.3 is 30.3 Å². The minimum absolute atomic E-state index is 0.0304. The lowest BCUT2D eigenvalue weighted by molar-refractivity contribution is -0.123. The van der Waals surface area contributed by atoms with Crippen molar-refractivity contribution in [3.05, 3.63) is 53.7 Å². The van der Waals surface area contributed by atoms with Gasteiger partial charge in [-0.05, 0) is 55.0 Å². The van der Waals surface area contributed by atoms with E-state index in [2.05, 4.69) is 27.3 Å². The average Bonchev–Trinajstić information content (AvgIpc) is 2.98. The molecule has 0 unspecified atom stereocenters. The van der Waals surface area contributed by atoms with Crippen molar-refractivity contribution >= 4 is 34.8 Å². The second-order valence-electron chi connectivity index (χ2n) is 10.8. The van der Waals surface area contributed by atoms with E-state index >= 15 is 0 Å². The third kappa shape index (κ3) is 10.1. The van der Waals surface area contributed by atoms with E-state index in [4.69, 9.17) is 4.74 Å². The number of pyridine rings is 1. The maximum atomic E-state index is 13.2. The Bertz CT molecular complexity index is 1250. The molecule has 1 aromatic carbocycles. The van der Waals surface area contributed by atoms with Crippen molar-refractivity contribution < 1.29 is 32.8 Å². The minimum atomic E-state index is -4.10. The summed E-state index contributed by atoms with van der Waals surface area (Å²) >= 11 is 0. The number of amides is 2. The molecule has 5 N–H and O–H groups in total. The topological polar surface area (TPSA) is 170 Å². The Labute approximate surface area is 248 Å². The molecule has 2 aromatic rings. The van der Waals surface area contributed by atoms with Gasteiger partial charge in [-0.1, -0.05) is 39.3 Å². The monoisotopic (exact) mass is 603 g/mol. The molecular formula is C28H42BN5O7S. The van der Waals surface area contributed by atoms with Crippen LogP contribution in [0.4, 0.5) is 5.82 Å². The fraction of sp³-hybridized carbons (Fsp3) is 0.536. The maximum Gasteiger partial charge on any atom is 0.475 e. The highest BCUT2D eigenvalue weighted by molar-refractivity contribution is 7.89. The van der Waals surface area contributed by atoms with Crippen molar-refractivity contribution in [2.24, 2.45) is 5.92 Å². The largest absolute Gasteiger partial charge is 0.475 e. The number of carbonyl (C=O) groups is 2. The van der Waals surface area contributed by atoms with Gasteiger partial charge in [-0.15, -0.1) is 0 Å². The predicted octanol–water partition coefficient (Wildman–Crippen LogP) is 0.881. The molecule has 0 bridgehead atoms. The van der Waals surface area contributed by atoms with E-state index in [0.29, 0.717) is 37.7 Å². The number of anilines is 1. The predicted molar refractivity (Wildman–Crippen MR) is 160 cm³/mol. The van der Waals surface area contributed by atoms with E-state index < -0.39 is 47.5 Å². The summed E-state index contributed by atoms with van der Waals surface area (Å²) < 4.78 is 33.9. The lowest BCUT2D eigenvalue weighted by atomic mass is 9.75. The highest BCUT2D eigenvalue weighted by Gasteiger charge is 2.31. The number of nitrogens with one attached hydrogen (secondary N) is 3. The van der Waals surface area contributed by atoms with Gasteiger partial charge in [0, 0.05) is 31.4 Å². The molecule has 3 rings (SSSR count). The third-order valence-electron chi connectivity index (χ3n) is 6.91. The molecule has 0 radical (unpaired) electrons. The number of hydrogen-bond acceptors (Lipinski definition) is 9. The molecule has 1 aromatic heterocycles. The zero-order chi connectivity index (χ0) is 30.7. The van der Waals surface area contributed by atoms with Crippen molar-refractivity contribution in [1.82, 2.24) is 20.3 Å². The van der Waals surface area contributed by atoms with Crippen molar-refractivity contribution in [2.45, 2.75) is 63.3 Å². The van der Waals surface area contributed by atoms with Gasteiger partial charge >= 0.3 is 7.12 Å². The summed E-state index contributed by atoms with van der Waals surface area (Å²) in [4.78, 5) is 32.5. The van der Waals surface area contributed by atoms with Crippen molar-refractivity contribution in [2.75, 3.05) is 37.7 Å². The maximum absolute atomic E-state index is 13.2. The van der Waals surface area contributed by atoms with Gasteiger partial charge in [-0.2, -0.15) is 0 Å². The van der Waals surface area contributed by atoms with Crippen LogP contribution >= 0.6 is 0 Å².